The van der Waals surface area contributed by atoms with Crippen molar-refractivity contribution >= 4 is 47.0 Å². The smallest absolute Gasteiger partial charge is 0.294 e. The van der Waals surface area contributed by atoms with Crippen LogP contribution in [0.5, 0.6) is 0 Å². The Kier molecular flexibility index (Phi) is 8.09. The molecule has 0 amide bonds. The Morgan fingerprint density at radius 3 is 2.43 bits per heavy atom. The van der Waals surface area contributed by atoms with Crippen molar-refractivity contribution in [3.63, 3.8) is 0 Å². The number of para-hydroxylation sites is 1. The lowest BCUT2D eigenvalue weighted by atomic mass is 10.2. The average molecular weight is 498 g/mol. The fraction of sp³-hybridized carbons (Fsp3) is 0.333. The van der Waals surface area contributed by atoms with E-state index < -0.39 is 7.14 Å². The molecule has 0 unspecified atom stereocenters. The van der Waals surface area contributed by atoms with Gasteiger partial charge >= 0.3 is 0 Å². The molecule has 186 valence electrons. The first-order chi connectivity index (χ1) is 16.5. The highest BCUT2D eigenvalue weighted by atomic mass is 31.2. The van der Waals surface area contributed by atoms with E-state index in [0.717, 1.165) is 17.4 Å². The zero-order valence-corrected chi connectivity index (χ0v) is 21.8. The van der Waals surface area contributed by atoms with Crippen LogP contribution in [0.15, 0.2) is 48.7 Å². The number of rotatable bonds is 10. The van der Waals surface area contributed by atoms with Crippen molar-refractivity contribution in [3.8, 4) is 0 Å². The van der Waals surface area contributed by atoms with Crippen LogP contribution in [0.3, 0.4) is 0 Å². The minimum Gasteiger partial charge on any atom is -0.368 e. The molecular weight excluding hydrogens is 465 g/mol. The molecule has 1 aromatic heterocycles. The SMILES string of the molecule is Cc1cnc(Nc2ccc(N(C)CCN(C)C)c([N+](=O)[O-])c2)nc1Nc1ccccc1P(C)(C)=O. The molecule has 0 fully saturated rings. The lowest BCUT2D eigenvalue weighted by Crippen LogP contribution is -2.28. The van der Waals surface area contributed by atoms with E-state index in [1.165, 1.54) is 6.07 Å². The van der Waals surface area contributed by atoms with E-state index in [9.17, 15) is 14.7 Å². The molecule has 0 bridgehead atoms. The van der Waals surface area contributed by atoms with Crippen molar-refractivity contribution < 1.29 is 9.49 Å². The Morgan fingerprint density at radius 2 is 1.77 bits per heavy atom. The fourth-order valence-corrected chi connectivity index (χ4v) is 4.63. The number of aromatic nitrogens is 2. The minimum absolute atomic E-state index is 0.00251. The van der Waals surface area contributed by atoms with Crippen LogP contribution in [0.4, 0.5) is 34.5 Å². The number of nitro benzene ring substituents is 1. The molecule has 1 heterocycles. The van der Waals surface area contributed by atoms with Gasteiger partial charge in [-0.05, 0) is 58.6 Å². The van der Waals surface area contributed by atoms with E-state index >= 15 is 0 Å². The van der Waals surface area contributed by atoms with Gasteiger partial charge in [0.15, 0.2) is 0 Å². The molecule has 0 saturated carbocycles. The normalized spacial score (nSPS) is 11.4. The largest absolute Gasteiger partial charge is 0.368 e. The Morgan fingerprint density at radius 1 is 1.06 bits per heavy atom. The van der Waals surface area contributed by atoms with E-state index in [1.54, 1.807) is 31.7 Å². The lowest BCUT2D eigenvalue weighted by Gasteiger charge is -2.21. The second kappa shape index (κ2) is 10.8. The first kappa shape index (κ1) is 26.1. The maximum absolute atomic E-state index is 12.7. The van der Waals surface area contributed by atoms with E-state index in [-0.39, 0.29) is 16.6 Å². The van der Waals surface area contributed by atoms with Gasteiger partial charge in [0.25, 0.3) is 5.69 Å². The summed E-state index contributed by atoms with van der Waals surface area (Å²) in [6.45, 7) is 6.75. The monoisotopic (exact) mass is 497 g/mol. The third-order valence-electron chi connectivity index (χ3n) is 5.43. The number of nitrogens with one attached hydrogen (secondary N) is 2. The van der Waals surface area contributed by atoms with Crippen molar-refractivity contribution in [2.24, 2.45) is 0 Å². The Labute approximate surface area is 205 Å². The van der Waals surface area contributed by atoms with Crippen molar-refractivity contribution in [3.05, 3.63) is 64.3 Å². The van der Waals surface area contributed by atoms with Crippen molar-refractivity contribution in [1.29, 1.82) is 0 Å². The summed E-state index contributed by atoms with van der Waals surface area (Å²) in [6, 6.07) is 12.4. The second-order valence-corrected chi connectivity index (χ2v) is 12.2. The van der Waals surface area contributed by atoms with Crippen LogP contribution in [0.25, 0.3) is 0 Å². The summed E-state index contributed by atoms with van der Waals surface area (Å²) < 4.78 is 12.7. The summed E-state index contributed by atoms with van der Waals surface area (Å²) >= 11 is 0. The quantitative estimate of drug-likeness (QED) is 0.238. The molecule has 0 aliphatic carbocycles. The van der Waals surface area contributed by atoms with Crippen LogP contribution < -0.4 is 20.8 Å². The maximum Gasteiger partial charge on any atom is 0.294 e. The number of nitro groups is 1. The predicted molar refractivity (Wildman–Crippen MR) is 144 cm³/mol. The third kappa shape index (κ3) is 6.77. The number of likely N-dealkylation sites (N-methyl/N-ethyl adjacent to an activating group) is 2. The lowest BCUT2D eigenvalue weighted by molar-refractivity contribution is -0.384. The molecule has 11 heteroatoms. The highest BCUT2D eigenvalue weighted by Gasteiger charge is 2.19. The van der Waals surface area contributed by atoms with E-state index in [1.807, 2.05) is 62.1 Å². The van der Waals surface area contributed by atoms with Crippen LogP contribution in [-0.2, 0) is 4.57 Å². The first-order valence-corrected chi connectivity index (χ1v) is 13.7. The molecule has 0 spiro atoms. The van der Waals surface area contributed by atoms with Crippen LogP contribution in [0.2, 0.25) is 0 Å². The Balaban J connectivity index is 1.87. The molecule has 3 rings (SSSR count). The molecule has 2 N–H and O–H groups in total. The Bertz CT molecular complexity index is 1260. The van der Waals surface area contributed by atoms with Gasteiger partial charge in [-0.25, -0.2) is 4.98 Å². The van der Waals surface area contributed by atoms with Crippen LogP contribution in [0.1, 0.15) is 5.56 Å². The van der Waals surface area contributed by atoms with Crippen LogP contribution in [0, 0.1) is 17.0 Å². The highest BCUT2D eigenvalue weighted by molar-refractivity contribution is 7.70. The standard InChI is InChI=1S/C24H32N7O3P/c1-17-16-25-24(28-23(17)27-19-9-7-8-10-22(19)35(5,6)34)26-18-11-12-20(21(15-18)31(32)33)30(4)14-13-29(2)3/h7-12,15-16H,13-14H2,1-6H3,(H2,25,26,27,28). The minimum atomic E-state index is -2.51. The molecule has 0 aliphatic heterocycles. The summed E-state index contributed by atoms with van der Waals surface area (Å²) in [5.74, 6) is 0.840. The molecule has 0 radical (unpaired) electrons. The average Bonchev–Trinajstić information content (AvgIpc) is 2.79. The van der Waals surface area contributed by atoms with Gasteiger partial charge in [-0.3, -0.25) is 10.1 Å². The number of hydrogen-bond donors (Lipinski definition) is 2. The van der Waals surface area contributed by atoms with Gasteiger partial charge < -0.3 is 25.0 Å². The number of aryl methyl sites for hydroxylation is 1. The second-order valence-electron chi connectivity index (χ2n) is 9.03. The predicted octanol–water partition coefficient (Wildman–Crippen LogP) is 4.43. The number of benzene rings is 2. The zero-order chi connectivity index (χ0) is 25.8. The molecule has 0 saturated heterocycles. The first-order valence-electron chi connectivity index (χ1n) is 11.1. The van der Waals surface area contributed by atoms with E-state index in [2.05, 4.69) is 20.6 Å². The highest BCUT2D eigenvalue weighted by Crippen LogP contribution is 2.38. The van der Waals surface area contributed by atoms with Gasteiger partial charge in [-0.2, -0.15) is 4.98 Å². The summed E-state index contributed by atoms with van der Waals surface area (Å²) in [5.41, 5.74) is 2.56. The summed E-state index contributed by atoms with van der Waals surface area (Å²) in [4.78, 5) is 24.1. The van der Waals surface area contributed by atoms with E-state index in [0.29, 0.717) is 29.4 Å². The van der Waals surface area contributed by atoms with Gasteiger partial charge in [-0.15, -0.1) is 0 Å². The van der Waals surface area contributed by atoms with Crippen molar-refractivity contribution in [1.82, 2.24) is 14.9 Å². The van der Waals surface area contributed by atoms with Gasteiger partial charge in [0.05, 0.1) is 10.6 Å². The molecule has 2 aromatic carbocycles. The van der Waals surface area contributed by atoms with Crippen molar-refractivity contribution in [2.75, 3.05) is 63.1 Å². The molecule has 3 aromatic rings. The number of hydrogen-bond acceptors (Lipinski definition) is 9. The van der Waals surface area contributed by atoms with Gasteiger partial charge in [0.2, 0.25) is 5.95 Å². The fourth-order valence-electron chi connectivity index (χ4n) is 3.48. The number of nitrogens with zero attached hydrogens (tertiary/aromatic N) is 5. The third-order valence-corrected chi connectivity index (χ3v) is 6.98. The zero-order valence-electron chi connectivity index (χ0n) is 20.9. The van der Waals surface area contributed by atoms with Gasteiger partial charge in [0.1, 0.15) is 18.6 Å². The molecule has 0 atom stereocenters. The molecule has 0 aliphatic rings. The molecular formula is C24H32N7O3P. The summed E-state index contributed by atoms with van der Waals surface area (Å²) in [5, 5.41) is 18.8. The van der Waals surface area contributed by atoms with Gasteiger partial charge in [0, 0.05) is 49.0 Å². The maximum atomic E-state index is 12.7. The summed E-state index contributed by atoms with van der Waals surface area (Å²) in [6.07, 6.45) is 1.66. The van der Waals surface area contributed by atoms with Crippen molar-refractivity contribution in [2.45, 2.75) is 6.92 Å². The molecule has 10 nitrogen and oxygen atoms in total. The molecule has 35 heavy (non-hydrogen) atoms. The topological polar surface area (TPSA) is 117 Å². The number of anilines is 5. The van der Waals surface area contributed by atoms with E-state index in [4.69, 9.17) is 0 Å². The summed E-state index contributed by atoms with van der Waals surface area (Å²) in [7, 11) is 3.25. The Hall–Kier alpha value is -3.49. The van der Waals surface area contributed by atoms with Crippen LogP contribution >= 0.6 is 7.14 Å². The van der Waals surface area contributed by atoms with Crippen LogP contribution in [-0.4, -0.2) is 67.4 Å². The van der Waals surface area contributed by atoms with Gasteiger partial charge in [-0.1, -0.05) is 12.1 Å².